The minimum atomic E-state index is -0.899. The SMILES string of the molecule is CC(C)(CC#N)C[C@@]1(c2ccc(Cl)cc2)CN[C@@H](C(=O)O)[C@@H]1c1cccc(Cl)c1. The summed E-state index contributed by atoms with van der Waals surface area (Å²) in [4.78, 5) is 12.2. The summed E-state index contributed by atoms with van der Waals surface area (Å²) in [7, 11) is 0. The zero-order chi connectivity index (χ0) is 21.2. The number of benzene rings is 2. The summed E-state index contributed by atoms with van der Waals surface area (Å²) >= 11 is 12.4. The van der Waals surface area contributed by atoms with Gasteiger partial charge < -0.3 is 10.4 Å². The summed E-state index contributed by atoms with van der Waals surface area (Å²) in [6.07, 6.45) is 1.02. The molecule has 2 N–H and O–H groups in total. The molecule has 1 aliphatic heterocycles. The molecular weight excluding hydrogens is 407 g/mol. The Bertz CT molecular complexity index is 937. The van der Waals surface area contributed by atoms with Gasteiger partial charge in [0.15, 0.2) is 0 Å². The fourth-order valence-electron chi connectivity index (χ4n) is 4.75. The summed E-state index contributed by atoms with van der Waals surface area (Å²) < 4.78 is 0. The third kappa shape index (κ3) is 4.43. The summed E-state index contributed by atoms with van der Waals surface area (Å²) in [6, 6.07) is 16.5. The van der Waals surface area contributed by atoms with Gasteiger partial charge in [-0.1, -0.05) is 61.3 Å². The Morgan fingerprint density at radius 3 is 2.52 bits per heavy atom. The van der Waals surface area contributed by atoms with Gasteiger partial charge in [-0.3, -0.25) is 4.79 Å². The molecule has 0 aliphatic carbocycles. The van der Waals surface area contributed by atoms with E-state index in [2.05, 4.69) is 25.2 Å². The van der Waals surface area contributed by atoms with Gasteiger partial charge in [-0.25, -0.2) is 0 Å². The lowest BCUT2D eigenvalue weighted by atomic mass is 9.60. The van der Waals surface area contributed by atoms with E-state index in [1.807, 2.05) is 42.5 Å². The van der Waals surface area contributed by atoms with Crippen LogP contribution in [0.15, 0.2) is 48.5 Å². The summed E-state index contributed by atoms with van der Waals surface area (Å²) in [5.41, 5.74) is 1.05. The summed E-state index contributed by atoms with van der Waals surface area (Å²) in [5.74, 6) is -1.25. The number of halogens is 2. The average molecular weight is 431 g/mol. The number of nitrogens with one attached hydrogen (secondary N) is 1. The van der Waals surface area contributed by atoms with Crippen molar-refractivity contribution in [1.29, 1.82) is 5.26 Å². The van der Waals surface area contributed by atoms with E-state index < -0.39 is 17.4 Å². The molecule has 29 heavy (non-hydrogen) atoms. The van der Waals surface area contributed by atoms with Crippen molar-refractivity contribution in [3.63, 3.8) is 0 Å². The molecule has 0 bridgehead atoms. The molecule has 0 saturated carbocycles. The second-order valence-electron chi connectivity index (χ2n) is 8.57. The monoisotopic (exact) mass is 430 g/mol. The number of rotatable bonds is 6. The van der Waals surface area contributed by atoms with Gasteiger partial charge >= 0.3 is 5.97 Å². The standard InChI is InChI=1S/C23H24Cl2N2O2/c1-22(2,10-11-26)13-23(16-6-8-17(24)9-7-16)14-27-20(21(28)29)19(23)15-4-3-5-18(25)12-15/h3-9,12,19-20,27H,10,13-14H2,1-2H3,(H,28,29)/t19-,20+,23-/m0/s1. The maximum Gasteiger partial charge on any atom is 0.321 e. The first-order valence-corrected chi connectivity index (χ1v) is 10.3. The predicted molar refractivity (Wildman–Crippen MR) is 115 cm³/mol. The van der Waals surface area contributed by atoms with Crippen molar-refractivity contribution in [2.75, 3.05) is 6.54 Å². The Labute approximate surface area is 181 Å². The maximum atomic E-state index is 12.2. The van der Waals surface area contributed by atoms with Crippen LogP contribution >= 0.6 is 23.2 Å². The van der Waals surface area contributed by atoms with E-state index in [9.17, 15) is 15.2 Å². The molecule has 1 saturated heterocycles. The van der Waals surface area contributed by atoms with Crippen LogP contribution in [-0.2, 0) is 10.2 Å². The molecule has 6 heteroatoms. The van der Waals surface area contributed by atoms with Crippen molar-refractivity contribution in [3.05, 3.63) is 69.7 Å². The van der Waals surface area contributed by atoms with Gasteiger partial charge in [0, 0.05) is 34.3 Å². The minimum absolute atomic E-state index is 0.305. The number of carboxylic acid groups (broad SMARTS) is 1. The van der Waals surface area contributed by atoms with Gasteiger partial charge in [0.05, 0.1) is 6.07 Å². The van der Waals surface area contributed by atoms with E-state index >= 15 is 0 Å². The highest BCUT2D eigenvalue weighted by atomic mass is 35.5. The zero-order valence-electron chi connectivity index (χ0n) is 16.5. The summed E-state index contributed by atoms with van der Waals surface area (Å²) in [6.45, 7) is 4.59. The van der Waals surface area contributed by atoms with Crippen LogP contribution in [0, 0.1) is 16.7 Å². The molecule has 3 atom stereocenters. The Balaban J connectivity index is 2.22. The fourth-order valence-corrected chi connectivity index (χ4v) is 5.07. The Hall–Kier alpha value is -2.06. The molecular formula is C23H24Cl2N2O2. The normalized spacial score (nSPS) is 24.2. The van der Waals surface area contributed by atoms with Crippen LogP contribution in [0.3, 0.4) is 0 Å². The Morgan fingerprint density at radius 1 is 1.24 bits per heavy atom. The number of aliphatic carboxylic acids is 1. The number of nitriles is 1. The highest BCUT2D eigenvalue weighted by Gasteiger charge is 2.54. The third-order valence-electron chi connectivity index (χ3n) is 5.81. The van der Waals surface area contributed by atoms with Crippen molar-refractivity contribution < 1.29 is 9.90 Å². The lowest BCUT2D eigenvalue weighted by Crippen LogP contribution is -2.41. The van der Waals surface area contributed by atoms with Gasteiger partial charge in [-0.2, -0.15) is 5.26 Å². The van der Waals surface area contributed by atoms with Crippen molar-refractivity contribution in [2.45, 2.75) is 44.1 Å². The van der Waals surface area contributed by atoms with E-state index in [-0.39, 0.29) is 11.3 Å². The first kappa shape index (κ1) is 21.6. The van der Waals surface area contributed by atoms with Crippen LogP contribution in [-0.4, -0.2) is 23.7 Å². The topological polar surface area (TPSA) is 73.1 Å². The average Bonchev–Trinajstić information content (AvgIpc) is 3.02. The van der Waals surface area contributed by atoms with Crippen LogP contribution < -0.4 is 5.32 Å². The molecule has 3 rings (SSSR count). The molecule has 152 valence electrons. The first-order valence-electron chi connectivity index (χ1n) is 9.53. The number of carboxylic acids is 1. The van der Waals surface area contributed by atoms with E-state index in [4.69, 9.17) is 23.2 Å². The number of nitrogens with zero attached hydrogens (tertiary/aromatic N) is 1. The molecule has 1 heterocycles. The van der Waals surface area contributed by atoms with Crippen molar-refractivity contribution in [2.24, 2.45) is 5.41 Å². The molecule has 0 spiro atoms. The predicted octanol–water partition coefficient (Wildman–Crippen LogP) is 5.40. The largest absolute Gasteiger partial charge is 0.480 e. The molecule has 1 fully saturated rings. The Morgan fingerprint density at radius 2 is 1.93 bits per heavy atom. The second-order valence-corrected chi connectivity index (χ2v) is 9.44. The second kappa shape index (κ2) is 8.36. The lowest BCUT2D eigenvalue weighted by molar-refractivity contribution is -0.139. The number of hydrogen-bond acceptors (Lipinski definition) is 3. The summed E-state index contributed by atoms with van der Waals surface area (Å²) in [5, 5.41) is 23.7. The van der Waals surface area contributed by atoms with Gasteiger partial charge in [0.2, 0.25) is 0 Å². The molecule has 0 radical (unpaired) electrons. The molecule has 2 aromatic rings. The number of hydrogen-bond donors (Lipinski definition) is 2. The van der Waals surface area contributed by atoms with Crippen molar-refractivity contribution in [1.82, 2.24) is 5.32 Å². The highest BCUT2D eigenvalue weighted by Crippen LogP contribution is 2.52. The Kier molecular flexibility index (Phi) is 6.24. The van der Waals surface area contributed by atoms with E-state index in [0.29, 0.717) is 29.4 Å². The fraction of sp³-hybridized carbons (Fsp3) is 0.391. The minimum Gasteiger partial charge on any atom is -0.480 e. The van der Waals surface area contributed by atoms with Gasteiger partial charge in [0.1, 0.15) is 6.04 Å². The van der Waals surface area contributed by atoms with Crippen molar-refractivity contribution in [3.8, 4) is 6.07 Å². The van der Waals surface area contributed by atoms with Crippen LogP contribution in [0.1, 0.15) is 43.7 Å². The van der Waals surface area contributed by atoms with E-state index in [0.717, 1.165) is 11.1 Å². The van der Waals surface area contributed by atoms with Gasteiger partial charge in [-0.15, -0.1) is 0 Å². The molecule has 2 aromatic carbocycles. The third-order valence-corrected chi connectivity index (χ3v) is 6.30. The van der Waals surface area contributed by atoms with E-state index in [1.165, 1.54) is 0 Å². The quantitative estimate of drug-likeness (QED) is 0.642. The van der Waals surface area contributed by atoms with Crippen LogP contribution in [0.4, 0.5) is 0 Å². The zero-order valence-corrected chi connectivity index (χ0v) is 18.0. The molecule has 0 aromatic heterocycles. The van der Waals surface area contributed by atoms with Gasteiger partial charge in [0.25, 0.3) is 0 Å². The maximum absolute atomic E-state index is 12.2. The first-order chi connectivity index (χ1) is 13.7. The molecule has 4 nitrogen and oxygen atoms in total. The van der Waals surface area contributed by atoms with Crippen molar-refractivity contribution >= 4 is 29.2 Å². The highest BCUT2D eigenvalue weighted by molar-refractivity contribution is 6.30. The number of carbonyl (C=O) groups is 1. The smallest absolute Gasteiger partial charge is 0.321 e. The van der Waals surface area contributed by atoms with Crippen LogP contribution in [0.5, 0.6) is 0 Å². The molecule has 1 aliphatic rings. The lowest BCUT2D eigenvalue weighted by Gasteiger charge is -2.42. The molecule has 0 amide bonds. The van der Waals surface area contributed by atoms with E-state index in [1.54, 1.807) is 6.07 Å². The van der Waals surface area contributed by atoms with Gasteiger partial charge in [-0.05, 0) is 47.2 Å². The molecule has 0 unspecified atom stereocenters. The van der Waals surface area contributed by atoms with Crippen LogP contribution in [0.2, 0.25) is 10.0 Å². The van der Waals surface area contributed by atoms with Crippen LogP contribution in [0.25, 0.3) is 0 Å².